The molecule has 108 valence electrons. The van der Waals surface area contributed by atoms with Crippen molar-refractivity contribution in [3.8, 4) is 0 Å². The van der Waals surface area contributed by atoms with Gasteiger partial charge in [-0.25, -0.2) is 0 Å². The zero-order valence-corrected chi connectivity index (χ0v) is 11.9. The van der Waals surface area contributed by atoms with Crippen LogP contribution in [0, 0.1) is 11.8 Å². The van der Waals surface area contributed by atoms with Gasteiger partial charge in [0.15, 0.2) is 0 Å². The van der Waals surface area contributed by atoms with Crippen molar-refractivity contribution in [3.63, 3.8) is 0 Å². The highest BCUT2D eigenvalue weighted by molar-refractivity contribution is 5.96. The van der Waals surface area contributed by atoms with Gasteiger partial charge in [-0.05, 0) is 43.7 Å². The van der Waals surface area contributed by atoms with Crippen LogP contribution >= 0.6 is 0 Å². The molecule has 0 radical (unpaired) electrons. The molecule has 0 spiro atoms. The van der Waals surface area contributed by atoms with Crippen LogP contribution in [0.4, 0.5) is 5.69 Å². The third kappa shape index (κ3) is 3.81. The minimum Gasteiger partial charge on any atom is -0.351 e. The van der Waals surface area contributed by atoms with E-state index in [1.165, 1.54) is 0 Å². The van der Waals surface area contributed by atoms with E-state index >= 15 is 0 Å². The Morgan fingerprint density at radius 3 is 2.40 bits per heavy atom. The largest absolute Gasteiger partial charge is 0.351 e. The predicted octanol–water partition coefficient (Wildman–Crippen LogP) is 1.23. The minimum atomic E-state index is -0.103. The van der Waals surface area contributed by atoms with Crippen LogP contribution in [0.3, 0.4) is 0 Å². The summed E-state index contributed by atoms with van der Waals surface area (Å²) in [6.07, 6.45) is 0.970. The first-order valence-electron chi connectivity index (χ1n) is 6.95. The van der Waals surface area contributed by atoms with E-state index in [-0.39, 0.29) is 17.7 Å². The Hall–Kier alpha value is -1.88. The fourth-order valence-electron chi connectivity index (χ4n) is 2.03. The number of carbonyl (C=O) groups excluding carboxylic acids is 2. The number of hydrogen-bond acceptors (Lipinski definition) is 3. The van der Waals surface area contributed by atoms with Gasteiger partial charge in [-0.2, -0.15) is 0 Å². The van der Waals surface area contributed by atoms with Gasteiger partial charge in [0, 0.05) is 30.3 Å². The maximum absolute atomic E-state index is 11.8. The van der Waals surface area contributed by atoms with Gasteiger partial charge in [-0.1, -0.05) is 6.92 Å². The second-order valence-corrected chi connectivity index (χ2v) is 5.25. The summed E-state index contributed by atoms with van der Waals surface area (Å²) in [6, 6.07) is 6.97. The molecule has 2 unspecified atom stereocenters. The van der Waals surface area contributed by atoms with E-state index in [2.05, 4.69) is 22.9 Å². The minimum absolute atomic E-state index is 0.0729. The van der Waals surface area contributed by atoms with Gasteiger partial charge in [0.2, 0.25) is 5.91 Å². The van der Waals surface area contributed by atoms with E-state index in [9.17, 15) is 9.59 Å². The normalized spacial score (nSPS) is 20.3. The molecule has 1 aliphatic rings. The second kappa shape index (κ2) is 6.52. The van der Waals surface area contributed by atoms with Crippen LogP contribution in [0.2, 0.25) is 0 Å². The molecular formula is C15H21N3O2. The van der Waals surface area contributed by atoms with Crippen molar-refractivity contribution in [3.05, 3.63) is 29.8 Å². The first-order chi connectivity index (χ1) is 9.61. The van der Waals surface area contributed by atoms with Crippen LogP contribution in [0.15, 0.2) is 24.3 Å². The molecule has 0 aliphatic heterocycles. The predicted molar refractivity (Wildman–Crippen MR) is 78.6 cm³/mol. The van der Waals surface area contributed by atoms with Crippen molar-refractivity contribution >= 4 is 17.5 Å². The molecule has 2 atom stereocenters. The van der Waals surface area contributed by atoms with Crippen LogP contribution in [-0.4, -0.2) is 32.0 Å². The summed E-state index contributed by atoms with van der Waals surface area (Å²) in [5, 5.41) is 8.64. The highest BCUT2D eigenvalue weighted by Crippen LogP contribution is 2.38. The van der Waals surface area contributed by atoms with E-state index in [4.69, 9.17) is 0 Å². The Balaban J connectivity index is 1.86. The molecular weight excluding hydrogens is 254 g/mol. The lowest BCUT2D eigenvalue weighted by Gasteiger charge is -2.07. The molecule has 20 heavy (non-hydrogen) atoms. The summed E-state index contributed by atoms with van der Waals surface area (Å²) in [6.45, 7) is 3.40. The summed E-state index contributed by atoms with van der Waals surface area (Å²) in [5.41, 5.74) is 1.33. The van der Waals surface area contributed by atoms with E-state index < -0.39 is 0 Å². The Morgan fingerprint density at radius 2 is 1.85 bits per heavy atom. The summed E-state index contributed by atoms with van der Waals surface area (Å²) in [5.74, 6) is 0.615. The lowest BCUT2D eigenvalue weighted by molar-refractivity contribution is -0.117. The molecule has 0 heterocycles. The number of nitrogens with one attached hydrogen (secondary N) is 3. The fourth-order valence-corrected chi connectivity index (χ4v) is 2.03. The van der Waals surface area contributed by atoms with Gasteiger partial charge >= 0.3 is 0 Å². The average molecular weight is 275 g/mol. The molecule has 0 saturated heterocycles. The van der Waals surface area contributed by atoms with E-state index in [0.717, 1.165) is 18.7 Å². The summed E-state index contributed by atoms with van der Waals surface area (Å²) < 4.78 is 0. The molecule has 2 amide bonds. The van der Waals surface area contributed by atoms with Crippen molar-refractivity contribution < 1.29 is 9.59 Å². The Kier molecular flexibility index (Phi) is 4.74. The number of carbonyl (C=O) groups is 2. The second-order valence-electron chi connectivity index (χ2n) is 5.25. The van der Waals surface area contributed by atoms with Crippen molar-refractivity contribution in [1.82, 2.24) is 10.6 Å². The number of hydrogen-bond donors (Lipinski definition) is 3. The topological polar surface area (TPSA) is 70.2 Å². The molecule has 0 aromatic heterocycles. The first-order valence-corrected chi connectivity index (χ1v) is 6.95. The molecule has 1 aromatic carbocycles. The van der Waals surface area contributed by atoms with Gasteiger partial charge in [0.1, 0.15) is 0 Å². The van der Waals surface area contributed by atoms with Crippen LogP contribution < -0.4 is 16.0 Å². The number of benzene rings is 1. The van der Waals surface area contributed by atoms with E-state index in [0.29, 0.717) is 18.0 Å². The molecule has 5 heteroatoms. The molecule has 1 aromatic rings. The van der Waals surface area contributed by atoms with Crippen molar-refractivity contribution in [2.45, 2.75) is 13.3 Å². The molecule has 1 aliphatic carbocycles. The lowest BCUT2D eigenvalue weighted by atomic mass is 10.2. The van der Waals surface area contributed by atoms with Crippen molar-refractivity contribution in [2.75, 3.05) is 25.5 Å². The van der Waals surface area contributed by atoms with Gasteiger partial charge in [0.25, 0.3) is 5.91 Å². The Bertz CT molecular complexity index is 484. The molecule has 2 rings (SSSR count). The van der Waals surface area contributed by atoms with E-state index in [1.54, 1.807) is 24.3 Å². The number of anilines is 1. The Morgan fingerprint density at radius 1 is 1.20 bits per heavy atom. The van der Waals surface area contributed by atoms with Crippen LogP contribution in [-0.2, 0) is 4.79 Å². The lowest BCUT2D eigenvalue weighted by Crippen LogP contribution is -2.30. The molecule has 3 N–H and O–H groups in total. The smallest absolute Gasteiger partial charge is 0.251 e. The quantitative estimate of drug-likeness (QED) is 0.684. The average Bonchev–Trinajstić information content (AvgIpc) is 3.17. The third-order valence-corrected chi connectivity index (χ3v) is 3.52. The summed E-state index contributed by atoms with van der Waals surface area (Å²) in [4.78, 5) is 23.6. The number of rotatable bonds is 6. The third-order valence-electron chi connectivity index (χ3n) is 3.52. The maximum Gasteiger partial charge on any atom is 0.251 e. The highest BCUT2D eigenvalue weighted by Gasteiger charge is 2.38. The highest BCUT2D eigenvalue weighted by atomic mass is 16.2. The summed E-state index contributed by atoms with van der Waals surface area (Å²) in [7, 11) is 1.84. The standard InChI is InChI=1S/C15H21N3O2/c1-10-9-13(10)15(20)18-12-5-3-11(4-6-12)14(19)17-8-7-16-2/h3-6,10,13,16H,7-9H2,1-2H3,(H,17,19)(H,18,20). The zero-order valence-electron chi connectivity index (χ0n) is 11.9. The van der Waals surface area contributed by atoms with Crippen LogP contribution in [0.5, 0.6) is 0 Å². The molecule has 0 bridgehead atoms. The van der Waals surface area contributed by atoms with Crippen LogP contribution in [0.25, 0.3) is 0 Å². The Labute approximate surface area is 119 Å². The molecule has 5 nitrogen and oxygen atoms in total. The monoisotopic (exact) mass is 275 g/mol. The number of likely N-dealkylation sites (N-methyl/N-ethyl adjacent to an activating group) is 1. The van der Waals surface area contributed by atoms with E-state index in [1.807, 2.05) is 7.05 Å². The zero-order chi connectivity index (χ0) is 14.5. The van der Waals surface area contributed by atoms with Gasteiger partial charge in [0.05, 0.1) is 0 Å². The molecule has 1 saturated carbocycles. The van der Waals surface area contributed by atoms with Gasteiger partial charge in [-0.3, -0.25) is 9.59 Å². The van der Waals surface area contributed by atoms with Gasteiger partial charge in [-0.15, -0.1) is 0 Å². The first kappa shape index (κ1) is 14.5. The van der Waals surface area contributed by atoms with Crippen molar-refractivity contribution in [2.24, 2.45) is 11.8 Å². The maximum atomic E-state index is 11.8. The van der Waals surface area contributed by atoms with Crippen LogP contribution in [0.1, 0.15) is 23.7 Å². The summed E-state index contributed by atoms with van der Waals surface area (Å²) >= 11 is 0. The fraction of sp³-hybridized carbons (Fsp3) is 0.467. The van der Waals surface area contributed by atoms with Gasteiger partial charge < -0.3 is 16.0 Å². The number of amides is 2. The van der Waals surface area contributed by atoms with Crippen molar-refractivity contribution in [1.29, 1.82) is 0 Å². The SMILES string of the molecule is CNCCNC(=O)c1ccc(NC(=O)C2CC2C)cc1. The molecule has 1 fully saturated rings.